The van der Waals surface area contributed by atoms with Crippen LogP contribution < -0.4 is 10.6 Å². The number of fused-ring (bicyclic) bond motifs is 1. The second kappa shape index (κ2) is 5.25. The van der Waals surface area contributed by atoms with Gasteiger partial charge in [-0.1, -0.05) is 6.07 Å². The summed E-state index contributed by atoms with van der Waals surface area (Å²) in [7, 11) is 0. The largest absolute Gasteiger partial charge is 0.353 e. The van der Waals surface area contributed by atoms with Gasteiger partial charge in [0.1, 0.15) is 16.7 Å². The maximum atomic E-state index is 12.4. The molecule has 1 unspecified atom stereocenters. The monoisotopic (exact) mass is 303 g/mol. The van der Waals surface area contributed by atoms with Gasteiger partial charge in [-0.2, -0.15) is 0 Å². The molecule has 0 bridgehead atoms. The lowest BCUT2D eigenvalue weighted by Gasteiger charge is -2.32. The Morgan fingerprint density at radius 3 is 3.10 bits per heavy atom. The molecule has 3 rings (SSSR count). The minimum absolute atomic E-state index is 0.107. The molecule has 1 saturated heterocycles. The van der Waals surface area contributed by atoms with Gasteiger partial charge < -0.3 is 15.4 Å². The predicted octanol–water partition coefficient (Wildman–Crippen LogP) is 0.874. The van der Waals surface area contributed by atoms with Crippen LogP contribution in [0.4, 0.5) is 0 Å². The number of pyridine rings is 1. The van der Waals surface area contributed by atoms with Gasteiger partial charge in [0.2, 0.25) is 5.91 Å². The Labute approximate surface area is 124 Å². The number of nitrogens with one attached hydrogen (secondary N) is 2. The Bertz CT molecular complexity index is 715. The Morgan fingerprint density at radius 1 is 1.52 bits per heavy atom. The molecule has 1 aliphatic rings. The minimum Gasteiger partial charge on any atom is -0.353 e. The standard InChI is InChI=1S/C14H13N3O3S/c18-8-14(4-3-10(19)16-7-14)17-13(20)12-11-9(6-21-12)2-1-5-15-11/h1-2,5-6,8H,3-4,7H2,(H,16,19)(H,17,20). The number of carbonyl (C=O) groups is 3. The lowest BCUT2D eigenvalue weighted by molar-refractivity contribution is -0.125. The van der Waals surface area contributed by atoms with Gasteiger partial charge in [0.15, 0.2) is 0 Å². The van der Waals surface area contributed by atoms with E-state index in [0.717, 1.165) is 5.39 Å². The number of aldehydes is 1. The summed E-state index contributed by atoms with van der Waals surface area (Å²) >= 11 is 1.29. The van der Waals surface area contributed by atoms with Crippen molar-refractivity contribution in [2.75, 3.05) is 6.54 Å². The Kier molecular flexibility index (Phi) is 3.42. The highest BCUT2D eigenvalue weighted by Crippen LogP contribution is 2.24. The molecule has 1 fully saturated rings. The van der Waals surface area contributed by atoms with E-state index in [1.54, 1.807) is 12.3 Å². The molecule has 2 amide bonds. The van der Waals surface area contributed by atoms with Crippen LogP contribution in [-0.4, -0.2) is 35.2 Å². The van der Waals surface area contributed by atoms with Gasteiger partial charge >= 0.3 is 0 Å². The molecule has 0 aromatic carbocycles. The number of nitrogens with zero attached hydrogens (tertiary/aromatic N) is 1. The third-order valence-electron chi connectivity index (χ3n) is 3.55. The summed E-state index contributed by atoms with van der Waals surface area (Å²) in [6.07, 6.45) is 2.86. The van der Waals surface area contributed by atoms with Gasteiger partial charge in [-0.3, -0.25) is 14.6 Å². The fraction of sp³-hybridized carbons (Fsp3) is 0.286. The first-order valence-electron chi connectivity index (χ1n) is 6.51. The van der Waals surface area contributed by atoms with Crippen molar-refractivity contribution in [3.05, 3.63) is 28.6 Å². The van der Waals surface area contributed by atoms with Gasteiger partial charge in [-0.15, -0.1) is 11.3 Å². The fourth-order valence-electron chi connectivity index (χ4n) is 2.33. The van der Waals surface area contributed by atoms with Crippen molar-refractivity contribution in [3.8, 4) is 0 Å². The molecule has 7 heteroatoms. The van der Waals surface area contributed by atoms with Crippen LogP contribution in [0.2, 0.25) is 0 Å². The molecule has 0 aliphatic carbocycles. The molecule has 2 aromatic rings. The van der Waals surface area contributed by atoms with Crippen LogP contribution in [0.25, 0.3) is 10.9 Å². The van der Waals surface area contributed by atoms with Gasteiger partial charge in [-0.25, -0.2) is 0 Å². The van der Waals surface area contributed by atoms with Gasteiger partial charge in [0, 0.05) is 29.9 Å². The number of piperidine rings is 1. The second-order valence-electron chi connectivity index (χ2n) is 5.01. The summed E-state index contributed by atoms with van der Waals surface area (Å²) in [5.74, 6) is -0.443. The van der Waals surface area contributed by atoms with Crippen molar-refractivity contribution in [1.82, 2.24) is 15.6 Å². The summed E-state index contributed by atoms with van der Waals surface area (Å²) in [5.41, 5.74) is -0.406. The first kappa shape index (κ1) is 13.7. The van der Waals surface area contributed by atoms with Gasteiger partial charge in [-0.05, 0) is 12.5 Å². The Balaban J connectivity index is 1.85. The van der Waals surface area contributed by atoms with Crippen LogP contribution in [0.1, 0.15) is 22.5 Å². The van der Waals surface area contributed by atoms with Crippen molar-refractivity contribution in [2.45, 2.75) is 18.4 Å². The molecule has 1 atom stereocenters. The highest BCUT2D eigenvalue weighted by Gasteiger charge is 2.36. The van der Waals surface area contributed by atoms with Gasteiger partial charge in [0.25, 0.3) is 5.91 Å². The summed E-state index contributed by atoms with van der Waals surface area (Å²) in [6, 6.07) is 3.69. The van der Waals surface area contributed by atoms with E-state index in [1.165, 1.54) is 11.3 Å². The van der Waals surface area contributed by atoms with Crippen molar-refractivity contribution in [2.24, 2.45) is 0 Å². The molecular weight excluding hydrogens is 290 g/mol. The molecule has 0 spiro atoms. The molecular formula is C14H13N3O3S. The van der Waals surface area contributed by atoms with Crippen molar-refractivity contribution >= 4 is 40.3 Å². The van der Waals surface area contributed by atoms with E-state index in [9.17, 15) is 14.4 Å². The smallest absolute Gasteiger partial charge is 0.264 e. The van der Waals surface area contributed by atoms with E-state index >= 15 is 0 Å². The zero-order valence-corrected chi connectivity index (χ0v) is 11.9. The maximum absolute atomic E-state index is 12.4. The minimum atomic E-state index is -1.03. The van der Waals surface area contributed by atoms with E-state index < -0.39 is 5.54 Å². The predicted molar refractivity (Wildman–Crippen MR) is 78.1 cm³/mol. The van der Waals surface area contributed by atoms with Crippen LogP contribution in [0.5, 0.6) is 0 Å². The SMILES string of the molecule is O=CC1(NC(=O)c2scc3cccnc23)CCC(=O)NC1. The van der Waals surface area contributed by atoms with Crippen LogP contribution in [0, 0.1) is 0 Å². The summed E-state index contributed by atoms with van der Waals surface area (Å²) in [4.78, 5) is 39.7. The molecule has 2 N–H and O–H groups in total. The number of rotatable bonds is 3. The van der Waals surface area contributed by atoms with Crippen LogP contribution in [0.15, 0.2) is 23.7 Å². The quantitative estimate of drug-likeness (QED) is 0.824. The first-order chi connectivity index (χ1) is 10.1. The number of hydrogen-bond donors (Lipinski definition) is 2. The van der Waals surface area contributed by atoms with E-state index in [1.807, 2.05) is 11.4 Å². The van der Waals surface area contributed by atoms with E-state index in [0.29, 0.717) is 23.1 Å². The summed E-state index contributed by atoms with van der Waals surface area (Å²) in [6.45, 7) is 0.123. The highest BCUT2D eigenvalue weighted by atomic mass is 32.1. The maximum Gasteiger partial charge on any atom is 0.264 e. The molecule has 2 aromatic heterocycles. The third kappa shape index (κ3) is 2.52. The van der Waals surface area contributed by atoms with Crippen molar-refractivity contribution < 1.29 is 14.4 Å². The third-order valence-corrected chi connectivity index (χ3v) is 4.54. The van der Waals surface area contributed by atoms with E-state index in [4.69, 9.17) is 0 Å². The van der Waals surface area contributed by atoms with Crippen LogP contribution in [0.3, 0.4) is 0 Å². The zero-order chi connectivity index (χ0) is 14.9. The molecule has 1 aliphatic heterocycles. The topological polar surface area (TPSA) is 88.2 Å². The molecule has 21 heavy (non-hydrogen) atoms. The number of amides is 2. The number of hydrogen-bond acceptors (Lipinski definition) is 5. The van der Waals surface area contributed by atoms with E-state index in [2.05, 4.69) is 15.6 Å². The number of carbonyl (C=O) groups excluding carboxylic acids is 3. The molecule has 3 heterocycles. The summed E-state index contributed by atoms with van der Waals surface area (Å²) < 4.78 is 0. The summed E-state index contributed by atoms with van der Waals surface area (Å²) in [5, 5.41) is 8.11. The average Bonchev–Trinajstić information content (AvgIpc) is 2.94. The van der Waals surface area contributed by atoms with E-state index in [-0.39, 0.29) is 24.8 Å². The fourth-order valence-corrected chi connectivity index (χ4v) is 3.21. The Hall–Kier alpha value is -2.28. The van der Waals surface area contributed by atoms with Crippen molar-refractivity contribution in [3.63, 3.8) is 0 Å². The lowest BCUT2D eigenvalue weighted by atomic mass is 9.91. The lowest BCUT2D eigenvalue weighted by Crippen LogP contribution is -2.60. The molecule has 0 saturated carbocycles. The van der Waals surface area contributed by atoms with Gasteiger partial charge in [0.05, 0.1) is 5.52 Å². The molecule has 108 valence electrons. The second-order valence-corrected chi connectivity index (χ2v) is 5.89. The van der Waals surface area contributed by atoms with Crippen molar-refractivity contribution in [1.29, 1.82) is 0 Å². The van der Waals surface area contributed by atoms with Crippen LogP contribution >= 0.6 is 11.3 Å². The normalized spacial score (nSPS) is 21.8. The van der Waals surface area contributed by atoms with Crippen LogP contribution in [-0.2, 0) is 9.59 Å². The molecule has 0 radical (unpaired) electrons. The highest BCUT2D eigenvalue weighted by molar-refractivity contribution is 7.13. The molecule has 6 nitrogen and oxygen atoms in total. The first-order valence-corrected chi connectivity index (χ1v) is 7.39. The average molecular weight is 303 g/mol. The number of thiophene rings is 1. The Morgan fingerprint density at radius 2 is 2.38 bits per heavy atom. The zero-order valence-electron chi connectivity index (χ0n) is 11.1. The number of aromatic nitrogens is 1.